The van der Waals surface area contributed by atoms with Gasteiger partial charge in [0, 0.05) is 23.5 Å². The molecule has 0 aliphatic carbocycles. The molecule has 3 aromatic rings. The van der Waals surface area contributed by atoms with E-state index in [1.54, 1.807) is 6.07 Å². The number of carbonyl (C=O) groups excluding carboxylic acids is 1. The maximum Gasteiger partial charge on any atom is 0.355 e. The first kappa shape index (κ1) is 20.9. The molecule has 2 aromatic carbocycles. The first-order valence-corrected chi connectivity index (χ1v) is 10.9. The molecule has 1 amide bonds. The number of hydrogen-bond acceptors (Lipinski definition) is 6. The molecule has 1 aliphatic rings. The molecule has 0 saturated heterocycles. The fourth-order valence-electron chi connectivity index (χ4n) is 3.73. The molecule has 0 bridgehead atoms. The van der Waals surface area contributed by atoms with E-state index in [1.165, 1.54) is 11.3 Å². The van der Waals surface area contributed by atoms with Crippen LogP contribution in [0.15, 0.2) is 48.5 Å². The second-order valence-corrected chi connectivity index (χ2v) is 8.38. The van der Waals surface area contributed by atoms with Gasteiger partial charge in [-0.25, -0.2) is 9.78 Å². The Bertz CT molecular complexity index is 1100. The zero-order chi connectivity index (χ0) is 21.8. The number of aromatic carboxylic acids is 1. The van der Waals surface area contributed by atoms with Crippen molar-refractivity contribution in [3.63, 3.8) is 0 Å². The number of hydrogen-bond donors (Lipinski definition) is 2. The lowest BCUT2D eigenvalue weighted by Crippen LogP contribution is -2.32. The number of aryl methyl sites for hydroxylation is 1. The number of benzene rings is 2. The Hall–Kier alpha value is -3.39. The van der Waals surface area contributed by atoms with Crippen LogP contribution in [-0.2, 0) is 19.4 Å². The molecule has 0 radical (unpaired) electrons. The molecule has 4 rings (SSSR count). The molecule has 0 unspecified atom stereocenters. The number of nitrogens with zero attached hydrogens (tertiary/aromatic N) is 2. The minimum atomic E-state index is -1.03. The molecule has 0 spiro atoms. The molecule has 0 atom stereocenters. The van der Waals surface area contributed by atoms with E-state index < -0.39 is 11.9 Å². The van der Waals surface area contributed by atoms with E-state index in [4.69, 9.17) is 10.5 Å². The van der Waals surface area contributed by atoms with E-state index in [1.807, 2.05) is 47.4 Å². The Morgan fingerprint density at radius 1 is 1.16 bits per heavy atom. The minimum absolute atomic E-state index is 0.0914. The van der Waals surface area contributed by atoms with Crippen molar-refractivity contribution in [1.29, 1.82) is 0 Å². The Labute approximate surface area is 184 Å². The summed E-state index contributed by atoms with van der Waals surface area (Å²) in [5.41, 5.74) is 8.13. The number of thiazole rings is 1. The number of aromatic nitrogens is 1. The summed E-state index contributed by atoms with van der Waals surface area (Å²) >= 11 is 1.39. The van der Waals surface area contributed by atoms with Crippen LogP contribution in [0, 0.1) is 0 Å². The van der Waals surface area contributed by atoms with E-state index >= 15 is 0 Å². The molecule has 1 aromatic heterocycles. The lowest BCUT2D eigenvalue weighted by atomic mass is 9.95. The summed E-state index contributed by atoms with van der Waals surface area (Å²) in [5, 5.41) is 10.3. The topological polar surface area (TPSA) is 106 Å². The third-order valence-electron chi connectivity index (χ3n) is 5.26. The Kier molecular flexibility index (Phi) is 6.18. The number of carboxylic acid groups (broad SMARTS) is 1. The number of anilines is 1. The predicted octanol–water partition coefficient (Wildman–Crippen LogP) is 3.51. The molecule has 31 heavy (non-hydrogen) atoms. The molecular formula is C23H23N3O4S. The summed E-state index contributed by atoms with van der Waals surface area (Å²) < 4.78 is 5.71. The van der Waals surface area contributed by atoms with Crippen LogP contribution in [0.4, 0.5) is 5.13 Å². The average molecular weight is 438 g/mol. The highest BCUT2D eigenvalue weighted by Gasteiger charge is 2.25. The van der Waals surface area contributed by atoms with Crippen molar-refractivity contribution in [2.75, 3.05) is 18.1 Å². The van der Waals surface area contributed by atoms with Gasteiger partial charge in [0.2, 0.25) is 5.91 Å². The number of rotatable bonds is 8. The molecule has 0 saturated carbocycles. The predicted molar refractivity (Wildman–Crippen MR) is 119 cm³/mol. The van der Waals surface area contributed by atoms with Gasteiger partial charge in [-0.15, -0.1) is 11.3 Å². The third-order valence-corrected chi connectivity index (χ3v) is 6.43. The molecule has 160 valence electrons. The van der Waals surface area contributed by atoms with Crippen molar-refractivity contribution in [1.82, 2.24) is 4.98 Å². The van der Waals surface area contributed by atoms with E-state index in [-0.39, 0.29) is 5.69 Å². The lowest BCUT2D eigenvalue weighted by molar-refractivity contribution is 0.0690. The number of amides is 1. The van der Waals surface area contributed by atoms with Gasteiger partial charge in [-0.2, -0.15) is 0 Å². The summed E-state index contributed by atoms with van der Waals surface area (Å²) in [6.07, 6.45) is 2.01. The number of para-hydroxylation sites is 1. The number of carbonyl (C=O) groups is 2. The molecule has 8 heteroatoms. The smallest absolute Gasteiger partial charge is 0.355 e. The second kappa shape index (κ2) is 9.18. The van der Waals surface area contributed by atoms with Gasteiger partial charge in [-0.3, -0.25) is 4.79 Å². The van der Waals surface area contributed by atoms with Gasteiger partial charge in [-0.1, -0.05) is 30.3 Å². The SMILES string of the molecule is NC(=O)c1cccc2c1CN(c1nc(C(=O)O)c(CCCOc3ccccc3)s1)CC2. The van der Waals surface area contributed by atoms with Gasteiger partial charge in [-0.05, 0) is 48.6 Å². The van der Waals surface area contributed by atoms with Crippen LogP contribution < -0.4 is 15.4 Å². The van der Waals surface area contributed by atoms with E-state index in [0.717, 1.165) is 28.2 Å². The fourth-order valence-corrected chi connectivity index (χ4v) is 4.84. The van der Waals surface area contributed by atoms with Crippen molar-refractivity contribution in [3.05, 3.63) is 75.8 Å². The largest absolute Gasteiger partial charge is 0.494 e. The first-order valence-electron chi connectivity index (χ1n) is 10.1. The van der Waals surface area contributed by atoms with Crippen LogP contribution in [0.2, 0.25) is 0 Å². The zero-order valence-corrected chi connectivity index (χ0v) is 17.7. The highest BCUT2D eigenvalue weighted by molar-refractivity contribution is 7.15. The molecule has 0 fully saturated rings. The maximum absolute atomic E-state index is 11.8. The molecular weight excluding hydrogens is 414 g/mol. The number of primary amides is 1. The maximum atomic E-state index is 11.8. The second-order valence-electron chi connectivity index (χ2n) is 7.32. The molecule has 2 heterocycles. The van der Waals surface area contributed by atoms with Crippen molar-refractivity contribution < 1.29 is 19.4 Å². The van der Waals surface area contributed by atoms with Crippen LogP contribution >= 0.6 is 11.3 Å². The number of nitrogens with two attached hydrogens (primary N) is 1. The van der Waals surface area contributed by atoms with Crippen molar-refractivity contribution in [2.45, 2.75) is 25.8 Å². The summed E-state index contributed by atoms with van der Waals surface area (Å²) in [6.45, 7) is 1.69. The van der Waals surface area contributed by atoms with Crippen LogP contribution in [0.3, 0.4) is 0 Å². The van der Waals surface area contributed by atoms with Gasteiger partial charge in [0.15, 0.2) is 10.8 Å². The van der Waals surface area contributed by atoms with Gasteiger partial charge in [0.25, 0.3) is 0 Å². The van der Waals surface area contributed by atoms with Crippen LogP contribution in [0.5, 0.6) is 5.75 Å². The number of ether oxygens (including phenoxy) is 1. The van der Waals surface area contributed by atoms with E-state index in [2.05, 4.69) is 4.98 Å². The quantitative estimate of drug-likeness (QED) is 0.523. The minimum Gasteiger partial charge on any atom is -0.494 e. The van der Waals surface area contributed by atoms with Gasteiger partial charge in [0.05, 0.1) is 6.61 Å². The normalized spacial score (nSPS) is 13.0. The Morgan fingerprint density at radius 3 is 2.71 bits per heavy atom. The molecule has 3 N–H and O–H groups in total. The summed E-state index contributed by atoms with van der Waals surface area (Å²) in [4.78, 5) is 30.7. The molecule has 1 aliphatic heterocycles. The number of carboxylic acids is 1. The summed E-state index contributed by atoms with van der Waals surface area (Å²) in [6, 6.07) is 15.1. The zero-order valence-electron chi connectivity index (χ0n) is 16.9. The lowest BCUT2D eigenvalue weighted by Gasteiger charge is -2.29. The average Bonchev–Trinajstić information content (AvgIpc) is 3.21. The monoisotopic (exact) mass is 437 g/mol. The summed E-state index contributed by atoms with van der Waals surface area (Å²) in [5.74, 6) is -0.692. The highest BCUT2D eigenvalue weighted by atomic mass is 32.1. The Balaban J connectivity index is 1.47. The van der Waals surface area contributed by atoms with Gasteiger partial charge in [0.1, 0.15) is 5.75 Å². The van der Waals surface area contributed by atoms with Crippen LogP contribution in [0.25, 0.3) is 0 Å². The van der Waals surface area contributed by atoms with Crippen molar-refractivity contribution in [2.24, 2.45) is 5.73 Å². The van der Waals surface area contributed by atoms with Crippen molar-refractivity contribution in [3.8, 4) is 5.75 Å². The van der Waals surface area contributed by atoms with Crippen LogP contribution in [-0.4, -0.2) is 35.1 Å². The van der Waals surface area contributed by atoms with Gasteiger partial charge < -0.3 is 20.5 Å². The standard InChI is InChI=1S/C23H23N3O4S/c24-21(27)17-9-4-6-15-11-12-26(14-18(15)17)23-25-20(22(28)29)19(31-23)10-5-13-30-16-7-2-1-3-8-16/h1-4,6-9H,5,10-14H2,(H2,24,27)(H,28,29). The molecule has 7 nitrogen and oxygen atoms in total. The van der Waals surface area contributed by atoms with Crippen molar-refractivity contribution >= 4 is 28.3 Å². The number of fused-ring (bicyclic) bond motifs is 1. The Morgan fingerprint density at radius 2 is 1.97 bits per heavy atom. The van der Waals surface area contributed by atoms with E-state index in [0.29, 0.717) is 43.2 Å². The highest BCUT2D eigenvalue weighted by Crippen LogP contribution is 2.32. The van der Waals surface area contributed by atoms with E-state index in [9.17, 15) is 14.7 Å². The third kappa shape index (κ3) is 4.69. The summed E-state index contributed by atoms with van der Waals surface area (Å²) in [7, 11) is 0. The van der Waals surface area contributed by atoms with Crippen LogP contribution in [0.1, 0.15) is 43.3 Å². The first-order chi connectivity index (χ1) is 15.0. The fraction of sp³-hybridized carbons (Fsp3) is 0.261. The van der Waals surface area contributed by atoms with Gasteiger partial charge >= 0.3 is 5.97 Å².